The first-order chi connectivity index (χ1) is 15.7. The van der Waals surface area contributed by atoms with Crippen molar-refractivity contribution in [3.8, 4) is 0 Å². The standard InChI is InChI=1S/C24H27F3N6/c1-16-15-28-23(29-18-7-9-19(10-8-18)33-13-11-32(3)12-14-33)31-22(16)30-21-6-4-5-20(17(21)2)24(25,26)27/h4-10,15H,11-14H2,1-3H3,(H2,28,29,30,31). The van der Waals surface area contributed by atoms with Crippen LogP contribution < -0.4 is 15.5 Å². The molecule has 1 saturated heterocycles. The summed E-state index contributed by atoms with van der Waals surface area (Å²) in [7, 11) is 2.13. The highest BCUT2D eigenvalue weighted by atomic mass is 19.4. The fourth-order valence-electron chi connectivity index (χ4n) is 3.78. The molecule has 0 saturated carbocycles. The summed E-state index contributed by atoms with van der Waals surface area (Å²) in [6, 6.07) is 12.1. The number of piperazine rings is 1. The van der Waals surface area contributed by atoms with Crippen molar-refractivity contribution < 1.29 is 13.2 Å². The highest BCUT2D eigenvalue weighted by molar-refractivity contribution is 5.66. The second-order valence-electron chi connectivity index (χ2n) is 8.29. The molecule has 9 heteroatoms. The SMILES string of the molecule is Cc1cnc(Nc2ccc(N3CCN(C)CC3)cc2)nc1Nc1cccc(C(F)(F)F)c1C. The molecule has 2 aromatic carbocycles. The quantitative estimate of drug-likeness (QED) is 0.540. The summed E-state index contributed by atoms with van der Waals surface area (Å²) in [4.78, 5) is 13.5. The average Bonchev–Trinajstić information content (AvgIpc) is 2.78. The van der Waals surface area contributed by atoms with E-state index < -0.39 is 11.7 Å². The van der Waals surface area contributed by atoms with Crippen molar-refractivity contribution in [3.63, 3.8) is 0 Å². The number of alkyl halides is 3. The van der Waals surface area contributed by atoms with E-state index in [-0.39, 0.29) is 5.56 Å². The number of rotatable bonds is 5. The second kappa shape index (κ2) is 9.27. The maximum absolute atomic E-state index is 13.2. The zero-order valence-corrected chi connectivity index (χ0v) is 18.9. The number of hydrogen-bond donors (Lipinski definition) is 2. The molecule has 4 rings (SSSR count). The van der Waals surface area contributed by atoms with Crippen molar-refractivity contribution in [1.82, 2.24) is 14.9 Å². The molecule has 6 nitrogen and oxygen atoms in total. The normalized spacial score (nSPS) is 14.9. The number of hydrogen-bond acceptors (Lipinski definition) is 6. The molecule has 0 spiro atoms. The summed E-state index contributed by atoms with van der Waals surface area (Å²) in [5, 5.41) is 6.21. The fourth-order valence-corrected chi connectivity index (χ4v) is 3.78. The zero-order valence-electron chi connectivity index (χ0n) is 18.9. The van der Waals surface area contributed by atoms with Crippen molar-refractivity contribution in [1.29, 1.82) is 0 Å². The van der Waals surface area contributed by atoms with E-state index in [1.54, 1.807) is 19.2 Å². The predicted octanol–water partition coefficient (Wildman–Crippen LogP) is 5.35. The smallest absolute Gasteiger partial charge is 0.369 e. The molecule has 0 aliphatic carbocycles. The summed E-state index contributed by atoms with van der Waals surface area (Å²) in [6.07, 6.45) is -2.77. The Morgan fingerprint density at radius 2 is 1.61 bits per heavy atom. The Morgan fingerprint density at radius 3 is 2.27 bits per heavy atom. The van der Waals surface area contributed by atoms with Crippen LogP contribution in [-0.4, -0.2) is 48.1 Å². The highest BCUT2D eigenvalue weighted by Gasteiger charge is 2.33. The van der Waals surface area contributed by atoms with Gasteiger partial charge in [0.25, 0.3) is 0 Å². The van der Waals surface area contributed by atoms with Gasteiger partial charge in [-0.2, -0.15) is 18.2 Å². The molecule has 0 atom stereocenters. The fraction of sp³-hybridized carbons (Fsp3) is 0.333. The molecule has 0 bridgehead atoms. The largest absolute Gasteiger partial charge is 0.416 e. The topological polar surface area (TPSA) is 56.3 Å². The van der Waals surface area contributed by atoms with Gasteiger partial charge >= 0.3 is 6.18 Å². The first kappa shape index (κ1) is 22.8. The first-order valence-corrected chi connectivity index (χ1v) is 10.8. The van der Waals surface area contributed by atoms with Crippen LogP contribution in [0, 0.1) is 13.8 Å². The van der Waals surface area contributed by atoms with Gasteiger partial charge in [0.1, 0.15) is 5.82 Å². The number of aromatic nitrogens is 2. The minimum Gasteiger partial charge on any atom is -0.369 e. The lowest BCUT2D eigenvalue weighted by atomic mass is 10.1. The predicted molar refractivity (Wildman–Crippen MR) is 126 cm³/mol. The lowest BCUT2D eigenvalue weighted by Crippen LogP contribution is -2.44. The average molecular weight is 457 g/mol. The third kappa shape index (κ3) is 5.36. The molecule has 2 N–H and O–H groups in total. The summed E-state index contributed by atoms with van der Waals surface area (Å²) >= 11 is 0. The Kier molecular flexibility index (Phi) is 6.42. The van der Waals surface area contributed by atoms with E-state index in [2.05, 4.69) is 49.6 Å². The van der Waals surface area contributed by atoms with Crippen LogP contribution in [0.3, 0.4) is 0 Å². The van der Waals surface area contributed by atoms with Gasteiger partial charge in [0.2, 0.25) is 5.95 Å². The minimum atomic E-state index is -4.41. The van der Waals surface area contributed by atoms with Gasteiger partial charge in [0.15, 0.2) is 0 Å². The minimum absolute atomic E-state index is 0.122. The van der Waals surface area contributed by atoms with Crippen molar-refractivity contribution >= 4 is 28.8 Å². The Morgan fingerprint density at radius 1 is 0.909 bits per heavy atom. The Bertz CT molecular complexity index is 1110. The van der Waals surface area contributed by atoms with E-state index >= 15 is 0 Å². The molecule has 0 amide bonds. The van der Waals surface area contributed by atoms with Gasteiger partial charge in [-0.15, -0.1) is 0 Å². The number of anilines is 5. The van der Waals surface area contributed by atoms with Gasteiger partial charge in [-0.1, -0.05) is 6.07 Å². The van der Waals surface area contributed by atoms with Crippen molar-refractivity contribution in [2.24, 2.45) is 0 Å². The van der Waals surface area contributed by atoms with Gasteiger partial charge in [0.05, 0.1) is 5.56 Å². The molecule has 0 radical (unpaired) electrons. The lowest BCUT2D eigenvalue weighted by Gasteiger charge is -2.34. The number of nitrogens with one attached hydrogen (secondary N) is 2. The number of halogens is 3. The van der Waals surface area contributed by atoms with E-state index in [9.17, 15) is 13.2 Å². The molecule has 1 aliphatic heterocycles. The lowest BCUT2D eigenvalue weighted by molar-refractivity contribution is -0.138. The van der Waals surface area contributed by atoms with Crippen LogP contribution in [0.15, 0.2) is 48.7 Å². The van der Waals surface area contributed by atoms with Gasteiger partial charge in [-0.05, 0) is 62.9 Å². The maximum atomic E-state index is 13.2. The van der Waals surface area contributed by atoms with Crippen LogP contribution >= 0.6 is 0 Å². The molecule has 1 aliphatic rings. The van der Waals surface area contributed by atoms with Crippen molar-refractivity contribution in [3.05, 3.63) is 65.4 Å². The highest BCUT2D eigenvalue weighted by Crippen LogP contribution is 2.35. The van der Waals surface area contributed by atoms with Crippen LogP contribution in [0.2, 0.25) is 0 Å². The van der Waals surface area contributed by atoms with Crippen LogP contribution in [0.25, 0.3) is 0 Å². The van der Waals surface area contributed by atoms with Crippen LogP contribution in [0.1, 0.15) is 16.7 Å². The molecule has 0 unspecified atom stereocenters. The molecule has 2 heterocycles. The molecule has 3 aromatic rings. The van der Waals surface area contributed by atoms with Gasteiger partial charge < -0.3 is 20.4 Å². The number of benzene rings is 2. The van der Waals surface area contributed by atoms with Crippen LogP contribution in [-0.2, 0) is 6.18 Å². The number of nitrogens with zero attached hydrogens (tertiary/aromatic N) is 4. The second-order valence-corrected chi connectivity index (χ2v) is 8.29. The molecule has 174 valence electrons. The maximum Gasteiger partial charge on any atom is 0.416 e. The summed E-state index contributed by atoms with van der Waals surface area (Å²) in [5.74, 6) is 0.809. The van der Waals surface area contributed by atoms with E-state index in [0.717, 1.165) is 43.5 Å². The monoisotopic (exact) mass is 456 g/mol. The van der Waals surface area contributed by atoms with E-state index in [1.807, 2.05) is 12.1 Å². The Balaban J connectivity index is 1.49. The van der Waals surface area contributed by atoms with Gasteiger partial charge in [0, 0.05) is 55.0 Å². The van der Waals surface area contributed by atoms with Crippen LogP contribution in [0.5, 0.6) is 0 Å². The molecule has 1 fully saturated rings. The molecule has 1 aromatic heterocycles. The van der Waals surface area contributed by atoms with E-state index in [4.69, 9.17) is 0 Å². The molecule has 33 heavy (non-hydrogen) atoms. The van der Waals surface area contributed by atoms with Crippen molar-refractivity contribution in [2.45, 2.75) is 20.0 Å². The van der Waals surface area contributed by atoms with E-state index in [0.29, 0.717) is 17.5 Å². The van der Waals surface area contributed by atoms with Gasteiger partial charge in [-0.3, -0.25) is 0 Å². The third-order valence-corrected chi connectivity index (χ3v) is 5.86. The summed E-state index contributed by atoms with van der Waals surface area (Å²) in [5.41, 5.74) is 2.53. The third-order valence-electron chi connectivity index (χ3n) is 5.86. The first-order valence-electron chi connectivity index (χ1n) is 10.8. The Labute approximate surface area is 191 Å². The summed E-state index contributed by atoms with van der Waals surface area (Å²) in [6.45, 7) is 7.32. The summed E-state index contributed by atoms with van der Waals surface area (Å²) < 4.78 is 39.7. The molecular formula is C24H27F3N6. The van der Waals surface area contributed by atoms with E-state index in [1.165, 1.54) is 18.7 Å². The van der Waals surface area contributed by atoms with Crippen LogP contribution in [0.4, 0.5) is 42.0 Å². The number of likely N-dealkylation sites (N-methyl/N-ethyl adjacent to an activating group) is 1. The van der Waals surface area contributed by atoms with Crippen molar-refractivity contribution in [2.75, 3.05) is 48.8 Å². The zero-order chi connectivity index (χ0) is 23.6. The van der Waals surface area contributed by atoms with Gasteiger partial charge in [-0.25, -0.2) is 4.98 Å². The number of aryl methyl sites for hydroxylation is 1. The molecular weight excluding hydrogens is 429 g/mol. The Hall–Kier alpha value is -3.33.